The molecule has 0 aliphatic carbocycles. The highest BCUT2D eigenvalue weighted by molar-refractivity contribution is 7.93. The van der Waals surface area contributed by atoms with E-state index in [1.165, 1.54) is 24.0 Å². The van der Waals surface area contributed by atoms with Gasteiger partial charge in [0, 0.05) is 6.20 Å². The summed E-state index contributed by atoms with van der Waals surface area (Å²) in [6.07, 6.45) is 2.87. The van der Waals surface area contributed by atoms with E-state index in [1.54, 1.807) is 0 Å². The molecule has 3 atom stereocenters. The van der Waals surface area contributed by atoms with Gasteiger partial charge in [-0.2, -0.15) is 0 Å². The second-order valence-electron chi connectivity index (χ2n) is 7.35. The summed E-state index contributed by atoms with van der Waals surface area (Å²) in [6.45, 7) is 6.91. The van der Waals surface area contributed by atoms with Crippen molar-refractivity contribution < 1.29 is 22.4 Å². The van der Waals surface area contributed by atoms with Crippen LogP contribution in [-0.4, -0.2) is 64.7 Å². The average molecular weight is 372 g/mol. The summed E-state index contributed by atoms with van der Waals surface area (Å²) in [6, 6.07) is -1.16. The molecule has 2 fully saturated rings. The fraction of sp³-hybridized carbons (Fsp3) is 0.692. The van der Waals surface area contributed by atoms with Gasteiger partial charge in [-0.25, -0.2) is 8.42 Å². The SMILES string of the molecule is C[C@]1(Cn2ccnn2)[C@H](C(=O)O[Si](C)(C)C)N2C(=O)C[C@H]2S1(=O)=O. The monoisotopic (exact) mass is 372 g/mol. The Morgan fingerprint density at radius 2 is 2.12 bits per heavy atom. The number of amides is 1. The molecule has 24 heavy (non-hydrogen) atoms. The van der Waals surface area contributed by atoms with Crippen molar-refractivity contribution in [1.82, 2.24) is 19.9 Å². The Bertz CT molecular complexity index is 788. The third-order valence-corrected chi connectivity index (χ3v) is 7.97. The Labute approximate surface area is 141 Å². The summed E-state index contributed by atoms with van der Waals surface area (Å²) in [7, 11) is -6.00. The van der Waals surface area contributed by atoms with Crippen molar-refractivity contribution in [3.05, 3.63) is 12.4 Å². The van der Waals surface area contributed by atoms with Crippen molar-refractivity contribution in [3.63, 3.8) is 0 Å². The normalized spacial score (nSPS) is 31.5. The quantitative estimate of drug-likeness (QED) is 0.530. The van der Waals surface area contributed by atoms with Gasteiger partial charge in [0.1, 0.15) is 10.1 Å². The van der Waals surface area contributed by atoms with Crippen molar-refractivity contribution in [3.8, 4) is 0 Å². The van der Waals surface area contributed by atoms with Crippen molar-refractivity contribution in [2.24, 2.45) is 0 Å². The minimum atomic E-state index is -3.76. The minimum Gasteiger partial charge on any atom is -0.518 e. The van der Waals surface area contributed by atoms with Crippen LogP contribution in [0.15, 0.2) is 12.4 Å². The van der Waals surface area contributed by atoms with E-state index < -0.39 is 40.3 Å². The van der Waals surface area contributed by atoms with Gasteiger partial charge in [-0.15, -0.1) is 5.10 Å². The first-order valence-electron chi connectivity index (χ1n) is 7.59. The number of fused-ring (bicyclic) bond motifs is 1. The average Bonchev–Trinajstić information content (AvgIpc) is 2.95. The molecule has 2 saturated heterocycles. The van der Waals surface area contributed by atoms with Crippen molar-refractivity contribution in [2.45, 2.75) is 55.7 Å². The Hall–Kier alpha value is -1.75. The number of hydrogen-bond donors (Lipinski definition) is 0. The summed E-state index contributed by atoms with van der Waals surface area (Å²) in [4.78, 5) is 25.9. The second-order valence-corrected chi connectivity index (χ2v) is 14.3. The van der Waals surface area contributed by atoms with Crippen LogP contribution in [0, 0.1) is 0 Å². The summed E-state index contributed by atoms with van der Waals surface area (Å²) >= 11 is 0. The lowest BCUT2D eigenvalue weighted by Gasteiger charge is -2.37. The van der Waals surface area contributed by atoms with Crippen molar-refractivity contribution in [2.75, 3.05) is 0 Å². The van der Waals surface area contributed by atoms with Crippen LogP contribution in [0.1, 0.15) is 13.3 Å². The Kier molecular flexibility index (Phi) is 3.64. The maximum atomic E-state index is 13.0. The molecule has 132 valence electrons. The lowest BCUT2D eigenvalue weighted by molar-refractivity contribution is -0.156. The van der Waals surface area contributed by atoms with Crippen LogP contribution in [-0.2, 0) is 30.4 Å². The molecule has 11 heteroatoms. The summed E-state index contributed by atoms with van der Waals surface area (Å²) in [5.74, 6) is -1.00. The molecular formula is C13H20N4O5SSi. The van der Waals surface area contributed by atoms with Crippen LogP contribution < -0.4 is 0 Å². The first-order valence-corrected chi connectivity index (χ1v) is 12.5. The summed E-state index contributed by atoms with van der Waals surface area (Å²) < 4.78 is 31.3. The van der Waals surface area contributed by atoms with E-state index in [2.05, 4.69) is 10.3 Å². The minimum absolute atomic E-state index is 0.0684. The highest BCUT2D eigenvalue weighted by Crippen LogP contribution is 2.47. The number of β-lactam (4-membered cyclic amide) rings is 1. The summed E-state index contributed by atoms with van der Waals surface area (Å²) in [5.41, 5.74) is 0. The maximum absolute atomic E-state index is 13.0. The van der Waals surface area contributed by atoms with Gasteiger partial charge in [0.25, 0.3) is 0 Å². The molecule has 2 aliphatic heterocycles. The molecule has 0 unspecified atom stereocenters. The predicted octanol–water partition coefficient (Wildman–Crippen LogP) is -0.230. The van der Waals surface area contributed by atoms with Gasteiger partial charge in [0.2, 0.25) is 14.2 Å². The van der Waals surface area contributed by atoms with E-state index in [9.17, 15) is 18.0 Å². The Morgan fingerprint density at radius 1 is 1.46 bits per heavy atom. The van der Waals surface area contributed by atoms with Crippen molar-refractivity contribution >= 4 is 30.0 Å². The first kappa shape index (κ1) is 17.1. The van der Waals surface area contributed by atoms with E-state index in [0.717, 1.165) is 4.90 Å². The number of hydrogen-bond acceptors (Lipinski definition) is 7. The van der Waals surface area contributed by atoms with E-state index in [-0.39, 0.29) is 18.9 Å². The standard InChI is InChI=1S/C13H20N4O5SSi/c1-13(8-16-6-5-14-15-16)11(12(19)22-24(2,3)4)17-9(18)7-10(17)23(13,20)21/h5-6,10-11H,7-8H2,1-4H3/t10-,11+,13+/m1/s1. The zero-order valence-electron chi connectivity index (χ0n) is 14.0. The zero-order chi connectivity index (χ0) is 17.9. The molecular weight excluding hydrogens is 352 g/mol. The molecule has 3 rings (SSSR count). The number of aromatic nitrogens is 3. The van der Waals surface area contributed by atoms with Crippen LogP contribution in [0.4, 0.5) is 0 Å². The van der Waals surface area contributed by atoms with Gasteiger partial charge >= 0.3 is 5.97 Å². The van der Waals surface area contributed by atoms with Gasteiger partial charge in [-0.3, -0.25) is 14.3 Å². The smallest absolute Gasteiger partial charge is 0.317 e. The van der Waals surface area contributed by atoms with E-state index in [0.29, 0.717) is 0 Å². The van der Waals surface area contributed by atoms with E-state index in [4.69, 9.17) is 4.43 Å². The van der Waals surface area contributed by atoms with E-state index >= 15 is 0 Å². The fourth-order valence-corrected chi connectivity index (χ4v) is 6.34. The number of carbonyl (C=O) groups is 2. The Balaban J connectivity index is 2.04. The van der Waals surface area contributed by atoms with E-state index in [1.807, 2.05) is 19.6 Å². The molecule has 0 bridgehead atoms. The maximum Gasteiger partial charge on any atom is 0.317 e. The van der Waals surface area contributed by atoms with Gasteiger partial charge in [0.05, 0.1) is 19.2 Å². The third-order valence-electron chi connectivity index (χ3n) is 4.39. The fourth-order valence-electron chi connectivity index (χ4n) is 3.27. The van der Waals surface area contributed by atoms with Crippen molar-refractivity contribution in [1.29, 1.82) is 0 Å². The highest BCUT2D eigenvalue weighted by atomic mass is 32.2. The van der Waals surface area contributed by atoms with Gasteiger partial charge in [0.15, 0.2) is 15.9 Å². The topological polar surface area (TPSA) is 111 Å². The second kappa shape index (κ2) is 5.12. The highest BCUT2D eigenvalue weighted by Gasteiger charge is 2.70. The molecule has 1 aromatic rings. The molecule has 1 aromatic heterocycles. The molecule has 2 aliphatic rings. The summed E-state index contributed by atoms with van der Waals surface area (Å²) in [5, 5.41) is 6.51. The number of carbonyl (C=O) groups excluding carboxylic acids is 2. The van der Waals surface area contributed by atoms with Gasteiger partial charge in [-0.05, 0) is 26.6 Å². The molecule has 1 amide bonds. The largest absolute Gasteiger partial charge is 0.518 e. The lowest BCUT2D eigenvalue weighted by Crippen LogP contribution is -2.59. The molecule has 9 nitrogen and oxygen atoms in total. The molecule has 0 spiro atoms. The molecule has 0 saturated carbocycles. The third kappa shape index (κ3) is 2.37. The van der Waals surface area contributed by atoms with Gasteiger partial charge in [-0.1, -0.05) is 5.21 Å². The molecule has 0 aromatic carbocycles. The number of sulfone groups is 1. The molecule has 0 N–H and O–H groups in total. The Morgan fingerprint density at radius 3 is 2.62 bits per heavy atom. The van der Waals surface area contributed by atoms with Crippen LogP contribution in [0.2, 0.25) is 19.6 Å². The van der Waals surface area contributed by atoms with Crippen LogP contribution in [0.5, 0.6) is 0 Å². The van der Waals surface area contributed by atoms with Crippen LogP contribution in [0.25, 0.3) is 0 Å². The molecule has 0 radical (unpaired) electrons. The van der Waals surface area contributed by atoms with Crippen LogP contribution >= 0.6 is 0 Å². The predicted molar refractivity (Wildman–Crippen MR) is 85.8 cm³/mol. The zero-order valence-corrected chi connectivity index (χ0v) is 15.8. The molecule has 3 heterocycles. The lowest BCUT2D eigenvalue weighted by atomic mass is 9.96. The number of rotatable bonds is 4. The number of nitrogens with zero attached hydrogens (tertiary/aromatic N) is 4. The first-order chi connectivity index (χ1) is 11.0. The van der Waals surface area contributed by atoms with Crippen LogP contribution in [0.3, 0.4) is 0 Å². The van der Waals surface area contributed by atoms with Gasteiger partial charge < -0.3 is 9.33 Å².